The van der Waals surface area contributed by atoms with Crippen LogP contribution in [0.4, 0.5) is 10.5 Å². The number of nitrogens with zero attached hydrogens (tertiary/aromatic N) is 1. The molecule has 176 valence electrons. The summed E-state index contributed by atoms with van der Waals surface area (Å²) in [6.07, 6.45) is 4.16. The van der Waals surface area contributed by atoms with Gasteiger partial charge in [0.25, 0.3) is 0 Å². The zero-order valence-corrected chi connectivity index (χ0v) is 19.3. The second-order valence-corrected chi connectivity index (χ2v) is 10.4. The van der Waals surface area contributed by atoms with Crippen LogP contribution < -0.4 is 15.4 Å². The van der Waals surface area contributed by atoms with Crippen LogP contribution in [0.25, 0.3) is 0 Å². The van der Waals surface area contributed by atoms with Crippen molar-refractivity contribution in [1.82, 2.24) is 14.9 Å². The maximum Gasteiger partial charge on any atom is 0.319 e. The van der Waals surface area contributed by atoms with E-state index >= 15 is 0 Å². The lowest BCUT2D eigenvalue weighted by molar-refractivity contribution is -0.132. The fraction of sp³-hybridized carbons (Fsp3) is 0.417. The van der Waals surface area contributed by atoms with E-state index < -0.39 is 10.0 Å². The molecule has 1 aliphatic heterocycles. The number of amides is 3. The molecule has 0 radical (unpaired) electrons. The first-order valence-corrected chi connectivity index (χ1v) is 12.9. The predicted octanol–water partition coefficient (Wildman–Crippen LogP) is 2.87. The van der Waals surface area contributed by atoms with Gasteiger partial charge in [-0.3, -0.25) is 4.79 Å². The molecular weight excluding hydrogens is 440 g/mol. The number of carbonyl (C=O) groups is 2. The maximum absolute atomic E-state index is 12.6. The van der Waals surface area contributed by atoms with Crippen molar-refractivity contribution in [1.29, 1.82) is 0 Å². The molecular formula is C24H30N4O4S. The zero-order valence-electron chi connectivity index (χ0n) is 18.5. The average molecular weight is 471 g/mol. The molecule has 0 bridgehead atoms. The van der Waals surface area contributed by atoms with Crippen LogP contribution in [0.1, 0.15) is 37.7 Å². The Hall–Kier alpha value is -2.91. The molecule has 0 atom stereocenters. The van der Waals surface area contributed by atoms with Crippen LogP contribution in [-0.4, -0.2) is 50.4 Å². The van der Waals surface area contributed by atoms with Crippen molar-refractivity contribution >= 4 is 27.6 Å². The van der Waals surface area contributed by atoms with Crippen molar-refractivity contribution in [2.45, 2.75) is 55.5 Å². The van der Waals surface area contributed by atoms with Crippen molar-refractivity contribution in [3.05, 3.63) is 60.2 Å². The third-order valence-corrected chi connectivity index (χ3v) is 7.51. The van der Waals surface area contributed by atoms with Gasteiger partial charge in [0.2, 0.25) is 15.9 Å². The van der Waals surface area contributed by atoms with Gasteiger partial charge in [-0.15, -0.1) is 0 Å². The minimum atomic E-state index is -3.45. The molecule has 9 heteroatoms. The highest BCUT2D eigenvalue weighted by atomic mass is 32.2. The highest BCUT2D eigenvalue weighted by molar-refractivity contribution is 7.89. The van der Waals surface area contributed by atoms with Crippen molar-refractivity contribution in [2.24, 2.45) is 0 Å². The van der Waals surface area contributed by atoms with Gasteiger partial charge in [0, 0.05) is 37.3 Å². The summed E-state index contributed by atoms with van der Waals surface area (Å²) >= 11 is 0. The third kappa shape index (κ3) is 6.79. The molecule has 2 aromatic rings. The quantitative estimate of drug-likeness (QED) is 0.551. The molecule has 1 saturated carbocycles. The largest absolute Gasteiger partial charge is 0.343 e. The summed E-state index contributed by atoms with van der Waals surface area (Å²) in [4.78, 5) is 26.9. The number of rotatable bonds is 8. The fourth-order valence-corrected chi connectivity index (χ4v) is 5.19. The number of urea groups is 1. The van der Waals surface area contributed by atoms with Crippen LogP contribution in [0.3, 0.4) is 0 Å². The van der Waals surface area contributed by atoms with Gasteiger partial charge in [0.1, 0.15) is 0 Å². The van der Waals surface area contributed by atoms with E-state index in [4.69, 9.17) is 0 Å². The van der Waals surface area contributed by atoms with Gasteiger partial charge in [-0.05, 0) is 61.9 Å². The van der Waals surface area contributed by atoms with Crippen molar-refractivity contribution in [3.8, 4) is 0 Å². The Kier molecular flexibility index (Phi) is 7.29. The van der Waals surface area contributed by atoms with E-state index in [2.05, 4.69) is 15.4 Å². The molecule has 1 saturated heterocycles. The number of hydrogen-bond donors (Lipinski definition) is 3. The number of likely N-dealkylation sites (tertiary alicyclic amines) is 1. The number of piperidine rings is 1. The van der Waals surface area contributed by atoms with Crippen LogP contribution in [0, 0.1) is 0 Å². The van der Waals surface area contributed by atoms with Gasteiger partial charge in [-0.2, -0.15) is 0 Å². The topological polar surface area (TPSA) is 108 Å². The minimum absolute atomic E-state index is 0.0384. The summed E-state index contributed by atoms with van der Waals surface area (Å²) in [6, 6.07) is 15.9. The Morgan fingerprint density at radius 2 is 1.55 bits per heavy atom. The first-order valence-electron chi connectivity index (χ1n) is 11.4. The maximum atomic E-state index is 12.6. The van der Waals surface area contributed by atoms with Crippen molar-refractivity contribution in [3.63, 3.8) is 0 Å². The number of anilines is 1. The number of hydrogen-bond acceptors (Lipinski definition) is 4. The standard InChI is InChI=1S/C24H30N4O4S/c29-23(13-8-18-6-11-22(12-7-18)33(31,32)27-21-9-10-21)28-16-14-20(15-17-28)26-24(30)25-19-4-2-1-3-5-19/h1-7,11-12,20-21,27H,8-10,13-17H2,(H2,25,26,30). The van der Waals surface area contributed by atoms with Crippen LogP contribution in [-0.2, 0) is 21.2 Å². The molecule has 33 heavy (non-hydrogen) atoms. The van der Waals surface area contributed by atoms with E-state index in [-0.39, 0.29) is 28.9 Å². The lowest BCUT2D eigenvalue weighted by Crippen LogP contribution is -2.47. The van der Waals surface area contributed by atoms with Gasteiger partial charge in [-0.25, -0.2) is 17.9 Å². The van der Waals surface area contributed by atoms with E-state index in [9.17, 15) is 18.0 Å². The fourth-order valence-electron chi connectivity index (χ4n) is 3.88. The average Bonchev–Trinajstić information content (AvgIpc) is 3.62. The van der Waals surface area contributed by atoms with Gasteiger partial charge in [-0.1, -0.05) is 30.3 Å². The highest BCUT2D eigenvalue weighted by Gasteiger charge is 2.28. The number of aryl methyl sites for hydroxylation is 1. The summed E-state index contributed by atoms with van der Waals surface area (Å²) in [5.74, 6) is 0.0780. The Labute approximate surface area is 194 Å². The Morgan fingerprint density at radius 1 is 0.879 bits per heavy atom. The Bertz CT molecular complexity index is 1060. The van der Waals surface area contributed by atoms with Gasteiger partial charge in [0.15, 0.2) is 0 Å². The SMILES string of the molecule is O=C(Nc1ccccc1)NC1CCN(C(=O)CCc2ccc(S(=O)(=O)NC3CC3)cc2)CC1. The van der Waals surface area contributed by atoms with Crippen LogP contribution in [0.15, 0.2) is 59.5 Å². The summed E-state index contributed by atoms with van der Waals surface area (Å²) in [6.45, 7) is 1.22. The monoisotopic (exact) mass is 470 g/mol. The molecule has 8 nitrogen and oxygen atoms in total. The van der Waals surface area contributed by atoms with Gasteiger partial charge < -0.3 is 15.5 Å². The number of sulfonamides is 1. The second kappa shape index (κ2) is 10.4. The van der Waals surface area contributed by atoms with Crippen molar-refractivity contribution < 1.29 is 18.0 Å². The zero-order chi connectivity index (χ0) is 23.3. The number of benzene rings is 2. The second-order valence-electron chi connectivity index (χ2n) is 8.66. The van der Waals surface area contributed by atoms with E-state index in [1.807, 2.05) is 35.2 Å². The lowest BCUT2D eigenvalue weighted by Gasteiger charge is -2.32. The molecule has 2 fully saturated rings. The molecule has 1 aliphatic carbocycles. The van der Waals surface area contributed by atoms with E-state index in [0.29, 0.717) is 38.8 Å². The number of nitrogens with one attached hydrogen (secondary N) is 3. The molecule has 0 unspecified atom stereocenters. The molecule has 4 rings (SSSR count). The first-order chi connectivity index (χ1) is 15.9. The molecule has 3 amide bonds. The Balaban J connectivity index is 1.18. The molecule has 2 aliphatic rings. The molecule has 1 heterocycles. The first kappa shape index (κ1) is 23.3. The summed E-state index contributed by atoms with van der Waals surface area (Å²) in [5, 5.41) is 5.79. The molecule has 2 aromatic carbocycles. The normalized spacial score (nSPS) is 16.9. The van der Waals surface area contributed by atoms with Gasteiger partial charge >= 0.3 is 6.03 Å². The van der Waals surface area contributed by atoms with Crippen LogP contribution >= 0.6 is 0 Å². The van der Waals surface area contributed by atoms with E-state index in [1.165, 1.54) is 0 Å². The number of carbonyl (C=O) groups excluding carboxylic acids is 2. The smallest absolute Gasteiger partial charge is 0.319 e. The summed E-state index contributed by atoms with van der Waals surface area (Å²) in [7, 11) is -3.45. The van der Waals surface area contributed by atoms with E-state index in [1.54, 1.807) is 24.3 Å². The van der Waals surface area contributed by atoms with Gasteiger partial charge in [0.05, 0.1) is 4.90 Å². The highest BCUT2D eigenvalue weighted by Crippen LogP contribution is 2.22. The summed E-state index contributed by atoms with van der Waals surface area (Å²) in [5.41, 5.74) is 1.68. The Morgan fingerprint density at radius 3 is 2.18 bits per heavy atom. The molecule has 0 spiro atoms. The van der Waals surface area contributed by atoms with Crippen molar-refractivity contribution in [2.75, 3.05) is 18.4 Å². The minimum Gasteiger partial charge on any atom is -0.343 e. The summed E-state index contributed by atoms with van der Waals surface area (Å²) < 4.78 is 27.2. The lowest BCUT2D eigenvalue weighted by atomic mass is 10.0. The van der Waals surface area contributed by atoms with Crippen LogP contribution in [0.5, 0.6) is 0 Å². The van der Waals surface area contributed by atoms with Crippen LogP contribution in [0.2, 0.25) is 0 Å². The third-order valence-electron chi connectivity index (χ3n) is 5.97. The molecule has 0 aromatic heterocycles. The van der Waals surface area contributed by atoms with E-state index in [0.717, 1.165) is 24.1 Å². The predicted molar refractivity (Wildman–Crippen MR) is 126 cm³/mol. The number of para-hydroxylation sites is 1. The molecule has 3 N–H and O–H groups in total.